The normalized spacial score (nSPS) is 18.0. The first kappa shape index (κ1) is 18.7. The minimum Gasteiger partial charge on any atom is -0.497 e. The number of anilines is 1. The molecule has 0 bridgehead atoms. The Morgan fingerprint density at radius 2 is 2.00 bits per heavy atom. The van der Waals surface area contributed by atoms with Crippen LogP contribution < -0.4 is 10.1 Å². The van der Waals surface area contributed by atoms with Crippen LogP contribution in [0.2, 0.25) is 0 Å². The number of carbonyl (C=O) groups excluding carboxylic acids is 1. The molecule has 2 atom stereocenters. The molecule has 3 aromatic rings. The highest BCUT2D eigenvalue weighted by Crippen LogP contribution is 2.40. The van der Waals surface area contributed by atoms with Crippen molar-refractivity contribution in [2.75, 3.05) is 19.0 Å². The fraction of sp³-hybridized carbons (Fsp3) is 0.261. The Hall–Kier alpha value is -2.63. The van der Waals surface area contributed by atoms with Crippen molar-refractivity contribution in [3.63, 3.8) is 0 Å². The van der Waals surface area contributed by atoms with Crippen LogP contribution in [-0.2, 0) is 4.79 Å². The molecule has 0 saturated carbocycles. The van der Waals surface area contributed by atoms with Gasteiger partial charge in [0.05, 0.1) is 7.11 Å². The molecule has 5 heteroatoms. The number of hydrogen-bond acceptors (Lipinski definition) is 4. The second-order valence-electron chi connectivity index (χ2n) is 6.95. The Bertz CT molecular complexity index is 911. The highest BCUT2D eigenvalue weighted by atomic mass is 32.1. The average Bonchev–Trinajstić information content (AvgIpc) is 3.41. The third-order valence-corrected chi connectivity index (χ3v) is 6.17. The molecule has 1 N–H and O–H groups in total. The van der Waals surface area contributed by atoms with Gasteiger partial charge in [0.2, 0.25) is 5.91 Å². The van der Waals surface area contributed by atoms with Crippen LogP contribution in [0, 0.1) is 0 Å². The minimum atomic E-state index is -0.331. The Morgan fingerprint density at radius 3 is 2.75 bits per heavy atom. The zero-order valence-electron chi connectivity index (χ0n) is 15.9. The molecule has 1 fully saturated rings. The quantitative estimate of drug-likeness (QED) is 0.621. The van der Waals surface area contributed by atoms with E-state index in [1.807, 2.05) is 54.6 Å². The van der Waals surface area contributed by atoms with E-state index in [2.05, 4.69) is 27.7 Å². The van der Waals surface area contributed by atoms with Crippen molar-refractivity contribution in [2.24, 2.45) is 0 Å². The molecular weight excluding hydrogens is 368 g/mol. The van der Waals surface area contributed by atoms with Crippen molar-refractivity contribution < 1.29 is 9.53 Å². The van der Waals surface area contributed by atoms with Gasteiger partial charge in [-0.25, -0.2) is 0 Å². The van der Waals surface area contributed by atoms with Gasteiger partial charge in [0.1, 0.15) is 11.8 Å². The van der Waals surface area contributed by atoms with Gasteiger partial charge < -0.3 is 10.1 Å². The molecule has 2 unspecified atom stereocenters. The van der Waals surface area contributed by atoms with E-state index in [4.69, 9.17) is 4.74 Å². The Morgan fingerprint density at radius 1 is 1.14 bits per heavy atom. The number of nitrogens with zero attached hydrogens (tertiary/aromatic N) is 1. The van der Waals surface area contributed by atoms with Crippen molar-refractivity contribution in [3.05, 3.63) is 82.6 Å². The smallest absolute Gasteiger partial charge is 0.246 e. The summed E-state index contributed by atoms with van der Waals surface area (Å²) in [6.45, 7) is 0.910. The molecule has 1 aliphatic heterocycles. The molecule has 144 valence electrons. The topological polar surface area (TPSA) is 41.6 Å². The van der Waals surface area contributed by atoms with Crippen LogP contribution in [0.1, 0.15) is 35.4 Å². The maximum atomic E-state index is 13.4. The van der Waals surface area contributed by atoms with Gasteiger partial charge in [-0.05, 0) is 48.5 Å². The van der Waals surface area contributed by atoms with Gasteiger partial charge in [-0.1, -0.05) is 42.5 Å². The van der Waals surface area contributed by atoms with Gasteiger partial charge in [-0.15, -0.1) is 11.3 Å². The first-order chi connectivity index (χ1) is 13.8. The summed E-state index contributed by atoms with van der Waals surface area (Å²) in [5, 5.41) is 5.21. The lowest BCUT2D eigenvalue weighted by Gasteiger charge is -2.32. The Kier molecular flexibility index (Phi) is 5.74. The molecule has 1 aromatic heterocycles. The summed E-state index contributed by atoms with van der Waals surface area (Å²) in [4.78, 5) is 17.1. The highest BCUT2D eigenvalue weighted by molar-refractivity contribution is 7.10. The summed E-state index contributed by atoms with van der Waals surface area (Å²) in [5.41, 5.74) is 1.77. The maximum Gasteiger partial charge on any atom is 0.246 e. The molecule has 0 spiro atoms. The van der Waals surface area contributed by atoms with Gasteiger partial charge in [0.25, 0.3) is 0 Å². The van der Waals surface area contributed by atoms with Crippen LogP contribution >= 0.6 is 11.3 Å². The van der Waals surface area contributed by atoms with Gasteiger partial charge in [-0.2, -0.15) is 0 Å². The van der Waals surface area contributed by atoms with Crippen LogP contribution in [-0.4, -0.2) is 24.5 Å². The van der Waals surface area contributed by atoms with Gasteiger partial charge in [-0.3, -0.25) is 9.69 Å². The largest absolute Gasteiger partial charge is 0.497 e. The monoisotopic (exact) mass is 392 g/mol. The van der Waals surface area contributed by atoms with Gasteiger partial charge in [0.15, 0.2) is 0 Å². The molecule has 1 saturated heterocycles. The molecular formula is C23H24N2O2S. The first-order valence-electron chi connectivity index (χ1n) is 9.55. The first-order valence-corrected chi connectivity index (χ1v) is 10.4. The van der Waals surface area contributed by atoms with Crippen LogP contribution in [0.15, 0.2) is 72.1 Å². The number of thiophene rings is 1. The SMILES string of the molecule is COc1cccc(NC(=O)C(c2ccccc2)N2CCCC2c2cccs2)c1. The maximum absolute atomic E-state index is 13.4. The molecule has 28 heavy (non-hydrogen) atoms. The lowest BCUT2D eigenvalue weighted by molar-refractivity contribution is -0.122. The highest BCUT2D eigenvalue weighted by Gasteiger charge is 2.37. The predicted octanol–water partition coefficient (Wildman–Crippen LogP) is 5.27. The fourth-order valence-corrected chi connectivity index (χ4v) is 4.81. The molecule has 4 rings (SSSR count). The summed E-state index contributed by atoms with van der Waals surface area (Å²) >= 11 is 1.77. The number of amides is 1. The number of carbonyl (C=O) groups is 1. The lowest BCUT2D eigenvalue weighted by atomic mass is 10.0. The Labute approximate surface area is 169 Å². The van der Waals surface area contributed by atoms with Crippen LogP contribution in [0.3, 0.4) is 0 Å². The molecule has 0 aliphatic carbocycles. The molecule has 1 amide bonds. The van der Waals surface area contributed by atoms with E-state index < -0.39 is 0 Å². The minimum absolute atomic E-state index is 0.0112. The Balaban J connectivity index is 1.65. The van der Waals surface area contributed by atoms with E-state index in [0.29, 0.717) is 0 Å². The second-order valence-corrected chi connectivity index (χ2v) is 7.92. The lowest BCUT2D eigenvalue weighted by Crippen LogP contribution is -2.36. The number of hydrogen-bond donors (Lipinski definition) is 1. The van der Waals surface area contributed by atoms with E-state index in [-0.39, 0.29) is 18.0 Å². The van der Waals surface area contributed by atoms with Crippen molar-refractivity contribution in [1.82, 2.24) is 4.90 Å². The molecule has 0 radical (unpaired) electrons. The third-order valence-electron chi connectivity index (χ3n) is 5.20. The van der Waals surface area contributed by atoms with Crippen LogP contribution in [0.5, 0.6) is 5.75 Å². The van der Waals surface area contributed by atoms with Crippen molar-refractivity contribution >= 4 is 22.9 Å². The number of rotatable bonds is 6. The van der Waals surface area contributed by atoms with E-state index in [1.54, 1.807) is 18.4 Å². The average molecular weight is 393 g/mol. The van der Waals surface area contributed by atoms with Crippen molar-refractivity contribution in [3.8, 4) is 5.75 Å². The van der Waals surface area contributed by atoms with Crippen LogP contribution in [0.25, 0.3) is 0 Å². The number of methoxy groups -OCH3 is 1. The molecule has 1 aliphatic rings. The fourth-order valence-electron chi connectivity index (χ4n) is 3.92. The summed E-state index contributed by atoms with van der Waals surface area (Å²) in [6.07, 6.45) is 2.18. The van der Waals surface area contributed by atoms with Gasteiger partial charge in [0, 0.05) is 22.7 Å². The number of benzene rings is 2. The number of nitrogens with one attached hydrogen (secondary N) is 1. The summed E-state index contributed by atoms with van der Waals surface area (Å²) in [7, 11) is 1.63. The van der Waals surface area contributed by atoms with E-state index >= 15 is 0 Å². The molecule has 2 heterocycles. The van der Waals surface area contributed by atoms with E-state index in [9.17, 15) is 4.79 Å². The zero-order chi connectivity index (χ0) is 19.3. The van der Waals surface area contributed by atoms with E-state index in [0.717, 1.165) is 36.4 Å². The summed E-state index contributed by atoms with van der Waals surface area (Å²) < 4.78 is 5.29. The summed E-state index contributed by atoms with van der Waals surface area (Å²) in [5.74, 6) is 0.717. The van der Waals surface area contributed by atoms with E-state index in [1.165, 1.54) is 4.88 Å². The van der Waals surface area contributed by atoms with Crippen molar-refractivity contribution in [1.29, 1.82) is 0 Å². The predicted molar refractivity (Wildman–Crippen MR) is 114 cm³/mol. The van der Waals surface area contributed by atoms with Crippen molar-refractivity contribution in [2.45, 2.75) is 24.9 Å². The molecule has 2 aromatic carbocycles. The zero-order valence-corrected chi connectivity index (χ0v) is 16.7. The van der Waals surface area contributed by atoms with Crippen LogP contribution in [0.4, 0.5) is 5.69 Å². The standard InChI is InChI=1S/C23H24N2O2S/c1-27-19-11-5-10-18(16-19)24-23(26)22(17-8-3-2-4-9-17)25-14-6-12-20(25)21-13-7-15-28-21/h2-5,7-11,13,15-16,20,22H,6,12,14H2,1H3,(H,24,26). The molecule has 4 nitrogen and oxygen atoms in total. The number of likely N-dealkylation sites (tertiary alicyclic amines) is 1. The number of ether oxygens (including phenoxy) is 1. The third kappa shape index (κ3) is 3.96. The van der Waals surface area contributed by atoms with Gasteiger partial charge >= 0.3 is 0 Å². The summed E-state index contributed by atoms with van der Waals surface area (Å²) in [6, 6.07) is 21.8. The second kappa shape index (κ2) is 8.59.